The van der Waals surface area contributed by atoms with Crippen LogP contribution in [0, 0.1) is 18.3 Å². The van der Waals surface area contributed by atoms with Crippen LogP contribution in [0.15, 0.2) is 24.3 Å². The fourth-order valence-electron chi connectivity index (χ4n) is 2.07. The van der Waals surface area contributed by atoms with Gasteiger partial charge in [-0.05, 0) is 36.8 Å². The van der Waals surface area contributed by atoms with E-state index in [-0.39, 0.29) is 5.56 Å². The van der Waals surface area contributed by atoms with Crippen LogP contribution in [-0.4, -0.2) is 10.5 Å². The maximum Gasteiger partial charge on any atom is 0.250 e. The van der Waals surface area contributed by atoms with Gasteiger partial charge in [0.25, 0.3) is 0 Å². The Hall–Kier alpha value is -2.45. The van der Waals surface area contributed by atoms with Crippen molar-refractivity contribution in [3.8, 4) is 6.07 Å². The van der Waals surface area contributed by atoms with Crippen LogP contribution >= 0.6 is 11.6 Å². The predicted molar refractivity (Wildman–Crippen MR) is 82.2 cm³/mol. The molecule has 0 atom stereocenters. The maximum absolute atomic E-state index is 11.3. The van der Waals surface area contributed by atoms with Crippen molar-refractivity contribution in [1.29, 1.82) is 5.26 Å². The number of rotatable bonds is 4. The number of halogens is 1. The first kappa shape index (κ1) is 14.9. The minimum atomic E-state index is -0.564. The zero-order valence-electron chi connectivity index (χ0n) is 11.8. The number of amides is 1. The van der Waals surface area contributed by atoms with Crippen LogP contribution in [0.2, 0.25) is 5.02 Å². The number of nitrogens with one attached hydrogen (secondary N) is 1. The van der Waals surface area contributed by atoms with Crippen LogP contribution in [0.5, 0.6) is 0 Å². The highest BCUT2D eigenvalue weighted by Gasteiger charge is 2.10. The lowest BCUT2D eigenvalue weighted by Gasteiger charge is -2.09. The zero-order valence-corrected chi connectivity index (χ0v) is 12.5. The Bertz CT molecular complexity index is 743. The Kier molecular flexibility index (Phi) is 4.20. The van der Waals surface area contributed by atoms with Crippen LogP contribution < -0.4 is 11.1 Å². The average Bonchev–Trinajstić information content (AvgIpc) is 2.73. The van der Waals surface area contributed by atoms with Crippen molar-refractivity contribution in [2.24, 2.45) is 12.8 Å². The van der Waals surface area contributed by atoms with E-state index >= 15 is 0 Å². The number of nitriles is 1. The van der Waals surface area contributed by atoms with E-state index in [9.17, 15) is 4.79 Å². The van der Waals surface area contributed by atoms with E-state index in [1.54, 1.807) is 18.2 Å². The normalized spacial score (nSPS) is 10.2. The Balaban J connectivity index is 2.19. The molecule has 3 N–H and O–H groups in total. The molecule has 0 saturated carbocycles. The fourth-order valence-corrected chi connectivity index (χ4v) is 2.28. The summed E-state index contributed by atoms with van der Waals surface area (Å²) in [6.07, 6.45) is 0. The summed E-state index contributed by atoms with van der Waals surface area (Å²) in [6, 6.07) is 9.01. The summed E-state index contributed by atoms with van der Waals surface area (Å²) in [7, 11) is 1.85. The van der Waals surface area contributed by atoms with Gasteiger partial charge in [-0.2, -0.15) is 5.26 Å². The Labute approximate surface area is 127 Å². The number of carbonyl (C=O) groups excluding carboxylic acids is 1. The molecular formula is C15H15ClN4O. The van der Waals surface area contributed by atoms with E-state index in [0.717, 1.165) is 16.9 Å². The van der Waals surface area contributed by atoms with Crippen molar-refractivity contribution >= 4 is 23.2 Å². The molecule has 1 aromatic carbocycles. The second kappa shape index (κ2) is 5.90. The third-order valence-corrected chi connectivity index (χ3v) is 3.80. The number of nitrogens with zero attached hydrogens (tertiary/aromatic N) is 2. The fraction of sp³-hybridized carbons (Fsp3) is 0.200. The molecule has 0 radical (unpaired) electrons. The van der Waals surface area contributed by atoms with Gasteiger partial charge in [-0.1, -0.05) is 11.6 Å². The molecule has 1 aromatic heterocycles. The standard InChI is InChI=1S/C15H15ClN4O/c1-9-10(5-12(7-17)20(9)2)8-19-11-3-4-14(16)13(6-11)15(18)21/h3-6,19H,8H2,1-2H3,(H2,18,21). The van der Waals surface area contributed by atoms with Gasteiger partial charge in [-0.25, -0.2) is 0 Å². The first-order valence-electron chi connectivity index (χ1n) is 6.32. The predicted octanol–water partition coefficient (Wildman–Crippen LogP) is 2.57. The number of anilines is 1. The molecule has 2 aromatic rings. The van der Waals surface area contributed by atoms with Gasteiger partial charge < -0.3 is 15.6 Å². The van der Waals surface area contributed by atoms with Gasteiger partial charge in [0.05, 0.1) is 10.6 Å². The number of carbonyl (C=O) groups is 1. The second-order valence-corrected chi connectivity index (χ2v) is 5.13. The summed E-state index contributed by atoms with van der Waals surface area (Å²) < 4.78 is 1.84. The van der Waals surface area contributed by atoms with Gasteiger partial charge in [0.2, 0.25) is 5.91 Å². The molecule has 5 nitrogen and oxygen atoms in total. The van der Waals surface area contributed by atoms with Crippen LogP contribution in [0.4, 0.5) is 5.69 Å². The molecule has 0 spiro atoms. The monoisotopic (exact) mass is 302 g/mol. The smallest absolute Gasteiger partial charge is 0.250 e. The van der Waals surface area contributed by atoms with E-state index in [0.29, 0.717) is 17.3 Å². The lowest BCUT2D eigenvalue weighted by molar-refractivity contribution is 0.100. The summed E-state index contributed by atoms with van der Waals surface area (Å²) in [5.74, 6) is -0.564. The SMILES string of the molecule is Cc1c(CNc2ccc(Cl)c(C(N)=O)c2)cc(C#N)n1C. The average molecular weight is 303 g/mol. The highest BCUT2D eigenvalue weighted by atomic mass is 35.5. The highest BCUT2D eigenvalue weighted by Crippen LogP contribution is 2.21. The molecule has 1 amide bonds. The van der Waals surface area contributed by atoms with Crippen molar-refractivity contribution < 1.29 is 4.79 Å². The maximum atomic E-state index is 11.3. The van der Waals surface area contributed by atoms with Gasteiger partial charge in [-0.15, -0.1) is 0 Å². The first-order chi connectivity index (χ1) is 9.93. The van der Waals surface area contributed by atoms with Crippen molar-refractivity contribution in [1.82, 2.24) is 4.57 Å². The molecule has 0 aliphatic carbocycles. The third-order valence-electron chi connectivity index (χ3n) is 3.47. The van der Waals surface area contributed by atoms with Gasteiger partial charge in [0, 0.05) is 25.0 Å². The van der Waals surface area contributed by atoms with Crippen molar-refractivity contribution in [2.45, 2.75) is 13.5 Å². The summed E-state index contributed by atoms with van der Waals surface area (Å²) in [5, 5.41) is 12.5. The minimum absolute atomic E-state index is 0.282. The van der Waals surface area contributed by atoms with Gasteiger partial charge in [0.1, 0.15) is 11.8 Å². The third kappa shape index (κ3) is 3.01. The lowest BCUT2D eigenvalue weighted by atomic mass is 10.1. The zero-order chi connectivity index (χ0) is 15.6. The van der Waals surface area contributed by atoms with Crippen LogP contribution in [0.1, 0.15) is 27.3 Å². The molecule has 0 bridgehead atoms. The Morgan fingerprint density at radius 3 is 2.76 bits per heavy atom. The van der Waals surface area contributed by atoms with Gasteiger partial charge in [0.15, 0.2) is 0 Å². The number of aromatic nitrogens is 1. The molecule has 0 aliphatic heterocycles. The molecule has 0 aliphatic rings. The van der Waals surface area contributed by atoms with Crippen LogP contribution in [0.25, 0.3) is 0 Å². The summed E-state index contributed by atoms with van der Waals surface area (Å²) in [6.45, 7) is 2.50. The minimum Gasteiger partial charge on any atom is -0.381 e. The largest absolute Gasteiger partial charge is 0.381 e. The number of hydrogen-bond acceptors (Lipinski definition) is 3. The topological polar surface area (TPSA) is 83.8 Å². The summed E-state index contributed by atoms with van der Waals surface area (Å²) in [5.41, 5.74) is 8.94. The van der Waals surface area contributed by atoms with Gasteiger partial charge in [-0.3, -0.25) is 4.79 Å². The molecular weight excluding hydrogens is 288 g/mol. The van der Waals surface area contributed by atoms with E-state index in [1.807, 2.05) is 24.6 Å². The Morgan fingerprint density at radius 1 is 1.48 bits per heavy atom. The first-order valence-corrected chi connectivity index (χ1v) is 6.70. The lowest BCUT2D eigenvalue weighted by Crippen LogP contribution is -2.12. The molecule has 108 valence electrons. The molecule has 6 heteroatoms. The molecule has 0 unspecified atom stereocenters. The van der Waals surface area contributed by atoms with Gasteiger partial charge >= 0.3 is 0 Å². The van der Waals surface area contributed by atoms with Crippen molar-refractivity contribution in [3.05, 3.63) is 51.8 Å². The van der Waals surface area contributed by atoms with Crippen molar-refractivity contribution in [3.63, 3.8) is 0 Å². The number of hydrogen-bond donors (Lipinski definition) is 2. The van der Waals surface area contributed by atoms with E-state index in [2.05, 4.69) is 11.4 Å². The van der Waals surface area contributed by atoms with Crippen molar-refractivity contribution in [2.75, 3.05) is 5.32 Å². The molecule has 0 fully saturated rings. The van der Waals surface area contributed by atoms with Crippen LogP contribution in [-0.2, 0) is 13.6 Å². The second-order valence-electron chi connectivity index (χ2n) is 4.72. The number of benzene rings is 1. The Morgan fingerprint density at radius 2 is 2.19 bits per heavy atom. The highest BCUT2D eigenvalue weighted by molar-refractivity contribution is 6.33. The van der Waals surface area contributed by atoms with E-state index in [4.69, 9.17) is 22.6 Å². The summed E-state index contributed by atoms with van der Waals surface area (Å²) in [4.78, 5) is 11.3. The molecule has 0 saturated heterocycles. The number of nitrogens with two attached hydrogens (primary N) is 1. The molecule has 1 heterocycles. The summed E-state index contributed by atoms with van der Waals surface area (Å²) >= 11 is 5.91. The van der Waals surface area contributed by atoms with E-state index in [1.165, 1.54) is 0 Å². The quantitative estimate of drug-likeness (QED) is 0.910. The number of primary amides is 1. The van der Waals surface area contributed by atoms with E-state index < -0.39 is 5.91 Å². The van der Waals surface area contributed by atoms with Crippen LogP contribution in [0.3, 0.4) is 0 Å². The molecule has 21 heavy (non-hydrogen) atoms. The molecule has 2 rings (SSSR count).